The maximum atomic E-state index is 12.3. The minimum atomic E-state index is 0.0660. The molecule has 1 aromatic rings. The van der Waals surface area contributed by atoms with Crippen LogP contribution in [0.5, 0.6) is 0 Å². The van der Waals surface area contributed by atoms with Gasteiger partial charge in [-0.15, -0.1) is 0 Å². The monoisotopic (exact) mass is 411 g/mol. The molecule has 0 saturated carbocycles. The molecule has 1 unspecified atom stereocenters. The van der Waals surface area contributed by atoms with Gasteiger partial charge >= 0.3 is 0 Å². The molecular weight excluding hydrogens is 374 g/mol. The molecule has 6 nitrogen and oxygen atoms in total. The van der Waals surface area contributed by atoms with Crippen molar-refractivity contribution < 1.29 is 4.79 Å². The summed E-state index contributed by atoms with van der Waals surface area (Å²) < 4.78 is 0. The van der Waals surface area contributed by atoms with Gasteiger partial charge in [0.2, 0.25) is 5.91 Å². The molecule has 164 valence electrons. The molecule has 0 aromatic heterocycles. The Hall–Kier alpha value is -2.34. The second-order valence-corrected chi connectivity index (χ2v) is 8.45. The van der Waals surface area contributed by atoms with Crippen LogP contribution in [0.25, 0.3) is 6.08 Å². The quantitative estimate of drug-likeness (QED) is 0.444. The minimum Gasteiger partial charge on any atom is -0.356 e. The van der Waals surface area contributed by atoms with Crippen LogP contribution in [0.4, 0.5) is 0 Å². The van der Waals surface area contributed by atoms with Crippen molar-refractivity contribution in [3.8, 4) is 0 Å². The molecule has 0 radical (unpaired) electrons. The number of guanidine groups is 1. The van der Waals surface area contributed by atoms with Gasteiger partial charge in [0.05, 0.1) is 6.04 Å². The van der Waals surface area contributed by atoms with E-state index in [-0.39, 0.29) is 11.9 Å². The number of nitrogens with zero attached hydrogens (tertiary/aromatic N) is 4. The lowest BCUT2D eigenvalue weighted by atomic mass is 10.0. The predicted octanol–water partition coefficient (Wildman–Crippen LogP) is 2.68. The molecule has 1 atom stereocenters. The fourth-order valence-electron chi connectivity index (χ4n) is 4.42. The zero-order valence-electron chi connectivity index (χ0n) is 18.8. The molecule has 0 bridgehead atoms. The van der Waals surface area contributed by atoms with Crippen molar-refractivity contribution in [3.05, 3.63) is 41.5 Å². The van der Waals surface area contributed by atoms with E-state index in [9.17, 15) is 4.79 Å². The van der Waals surface area contributed by atoms with Crippen LogP contribution in [-0.2, 0) is 4.79 Å². The van der Waals surface area contributed by atoms with Crippen LogP contribution in [0.2, 0.25) is 0 Å². The van der Waals surface area contributed by atoms with Crippen molar-refractivity contribution in [2.24, 2.45) is 4.99 Å². The fourth-order valence-corrected chi connectivity index (χ4v) is 4.42. The Labute approximate surface area is 181 Å². The Balaban J connectivity index is 1.40. The third-order valence-electron chi connectivity index (χ3n) is 6.08. The number of rotatable bonds is 6. The largest absolute Gasteiger partial charge is 0.356 e. The lowest BCUT2D eigenvalue weighted by Gasteiger charge is -2.32. The number of amides is 1. The van der Waals surface area contributed by atoms with E-state index in [1.54, 1.807) is 4.90 Å². The molecule has 1 amide bonds. The lowest BCUT2D eigenvalue weighted by Crippen LogP contribution is -2.46. The van der Waals surface area contributed by atoms with Gasteiger partial charge in [-0.05, 0) is 44.2 Å². The Morgan fingerprint density at radius 3 is 2.60 bits per heavy atom. The van der Waals surface area contributed by atoms with Crippen LogP contribution < -0.4 is 5.32 Å². The summed E-state index contributed by atoms with van der Waals surface area (Å²) in [6.45, 7) is 4.88. The van der Waals surface area contributed by atoms with Gasteiger partial charge in [0.25, 0.3) is 0 Å². The van der Waals surface area contributed by atoms with Crippen LogP contribution in [0.3, 0.4) is 0 Å². The van der Waals surface area contributed by atoms with Crippen LogP contribution in [0.1, 0.15) is 37.7 Å². The van der Waals surface area contributed by atoms with Gasteiger partial charge in [0, 0.05) is 47.3 Å². The molecular formula is C24H37N5O. The molecule has 2 aliphatic heterocycles. The molecule has 2 saturated heterocycles. The number of aliphatic imine (C=N–C) groups is 1. The van der Waals surface area contributed by atoms with Crippen LogP contribution in [0, 0.1) is 0 Å². The second kappa shape index (κ2) is 11.2. The third-order valence-corrected chi connectivity index (χ3v) is 6.08. The Bertz CT molecular complexity index is 733. The highest BCUT2D eigenvalue weighted by molar-refractivity contribution is 5.81. The number of benzene rings is 1. The topological polar surface area (TPSA) is 51.2 Å². The van der Waals surface area contributed by atoms with E-state index in [1.165, 1.54) is 11.1 Å². The Kier molecular flexibility index (Phi) is 8.31. The molecule has 6 heteroatoms. The van der Waals surface area contributed by atoms with Crippen LogP contribution in [0.15, 0.2) is 40.9 Å². The van der Waals surface area contributed by atoms with Gasteiger partial charge in [0.1, 0.15) is 0 Å². The number of hydrogen-bond acceptors (Lipinski definition) is 3. The number of likely N-dealkylation sites (tertiary alicyclic amines) is 2. The summed E-state index contributed by atoms with van der Waals surface area (Å²) in [5, 5.41) is 3.53. The van der Waals surface area contributed by atoms with Crippen molar-refractivity contribution in [1.82, 2.24) is 20.0 Å². The van der Waals surface area contributed by atoms with Gasteiger partial charge in [-0.25, -0.2) is 0 Å². The smallest absolute Gasteiger partial charge is 0.239 e. The molecule has 2 fully saturated rings. The molecule has 2 aliphatic rings. The first kappa shape index (κ1) is 22.3. The molecule has 0 spiro atoms. The zero-order valence-corrected chi connectivity index (χ0v) is 18.8. The number of nitrogens with one attached hydrogen (secondary N) is 1. The summed E-state index contributed by atoms with van der Waals surface area (Å²) in [5.74, 6) is 1.24. The average molecular weight is 412 g/mol. The van der Waals surface area contributed by atoms with Crippen molar-refractivity contribution in [2.45, 2.75) is 38.1 Å². The first-order valence-corrected chi connectivity index (χ1v) is 11.2. The maximum Gasteiger partial charge on any atom is 0.239 e. The van der Waals surface area contributed by atoms with Gasteiger partial charge in [-0.3, -0.25) is 14.7 Å². The molecule has 1 aromatic carbocycles. The summed E-state index contributed by atoms with van der Waals surface area (Å²) >= 11 is 0. The first-order chi connectivity index (χ1) is 14.6. The van der Waals surface area contributed by atoms with Gasteiger partial charge < -0.3 is 15.1 Å². The number of carbonyl (C=O) groups excluding carboxylic acids is 1. The second-order valence-electron chi connectivity index (χ2n) is 8.45. The minimum absolute atomic E-state index is 0.0660. The van der Waals surface area contributed by atoms with Gasteiger partial charge in [-0.2, -0.15) is 0 Å². The van der Waals surface area contributed by atoms with Crippen LogP contribution >= 0.6 is 0 Å². The third kappa shape index (κ3) is 6.08. The van der Waals surface area contributed by atoms with E-state index < -0.39 is 0 Å². The number of piperidine rings is 1. The molecule has 2 heterocycles. The van der Waals surface area contributed by atoms with Gasteiger partial charge in [-0.1, -0.05) is 42.0 Å². The van der Waals surface area contributed by atoms with Crippen molar-refractivity contribution in [3.63, 3.8) is 0 Å². The normalized spacial score (nSPS) is 20.4. The summed E-state index contributed by atoms with van der Waals surface area (Å²) in [6, 6.07) is 10.6. The van der Waals surface area contributed by atoms with Crippen molar-refractivity contribution in [1.29, 1.82) is 0 Å². The van der Waals surface area contributed by atoms with E-state index in [2.05, 4.69) is 56.5 Å². The highest BCUT2D eigenvalue weighted by Gasteiger charge is 2.31. The molecule has 30 heavy (non-hydrogen) atoms. The standard InChI is InChI=1S/C24H37N5O/c1-25-24(26-14-8-16-28-15-7-11-22(28)23(30)27(2)3)29-17-12-21(13-18-29)19-20-9-5-4-6-10-20/h4-6,9-10,19,22H,7-8,11-18H2,1-3H3,(H,25,26). The van der Waals surface area contributed by atoms with Gasteiger partial charge in [0.15, 0.2) is 5.96 Å². The average Bonchev–Trinajstić information content (AvgIpc) is 3.23. The summed E-state index contributed by atoms with van der Waals surface area (Å²) in [7, 11) is 5.57. The Morgan fingerprint density at radius 2 is 1.93 bits per heavy atom. The highest BCUT2D eigenvalue weighted by atomic mass is 16.2. The van der Waals surface area contributed by atoms with E-state index in [4.69, 9.17) is 0 Å². The van der Waals surface area contributed by atoms with E-state index in [1.807, 2.05) is 21.1 Å². The van der Waals surface area contributed by atoms with Crippen molar-refractivity contribution in [2.75, 3.05) is 53.9 Å². The molecule has 0 aliphatic carbocycles. The summed E-state index contributed by atoms with van der Waals surface area (Å²) in [4.78, 5) is 23.2. The van der Waals surface area contributed by atoms with Crippen molar-refractivity contribution >= 4 is 17.9 Å². The first-order valence-electron chi connectivity index (χ1n) is 11.2. The Morgan fingerprint density at radius 1 is 1.20 bits per heavy atom. The highest BCUT2D eigenvalue weighted by Crippen LogP contribution is 2.20. The van der Waals surface area contributed by atoms with E-state index >= 15 is 0 Å². The summed E-state index contributed by atoms with van der Waals surface area (Å²) in [5.41, 5.74) is 2.80. The van der Waals surface area contributed by atoms with Crippen LogP contribution in [-0.4, -0.2) is 86.5 Å². The number of likely N-dealkylation sites (N-methyl/N-ethyl adjacent to an activating group) is 1. The zero-order chi connectivity index (χ0) is 21.3. The fraction of sp³-hybridized carbons (Fsp3) is 0.583. The SMILES string of the molecule is CN=C(NCCCN1CCCC1C(=O)N(C)C)N1CCC(=Cc2ccccc2)CC1. The van der Waals surface area contributed by atoms with E-state index in [0.29, 0.717) is 0 Å². The predicted molar refractivity (Wildman–Crippen MR) is 124 cm³/mol. The number of carbonyl (C=O) groups is 1. The molecule has 1 N–H and O–H groups in total. The number of hydrogen-bond donors (Lipinski definition) is 1. The maximum absolute atomic E-state index is 12.3. The summed E-state index contributed by atoms with van der Waals surface area (Å²) in [6.07, 6.45) is 7.61. The molecule has 3 rings (SSSR count). The lowest BCUT2D eigenvalue weighted by molar-refractivity contribution is -0.133. The van der Waals surface area contributed by atoms with E-state index in [0.717, 1.165) is 70.8 Å².